The van der Waals surface area contributed by atoms with Crippen molar-refractivity contribution in [2.75, 3.05) is 33.4 Å². The summed E-state index contributed by atoms with van der Waals surface area (Å²) < 4.78 is 5.27. The molecule has 0 saturated heterocycles. The Labute approximate surface area is 191 Å². The summed E-state index contributed by atoms with van der Waals surface area (Å²) >= 11 is 0. The zero-order chi connectivity index (χ0) is 19.8. The molecule has 6 heteroatoms. The van der Waals surface area contributed by atoms with Crippen molar-refractivity contribution >= 4 is 29.9 Å². The lowest BCUT2D eigenvalue weighted by atomic mass is 9.96. The van der Waals surface area contributed by atoms with Gasteiger partial charge in [0, 0.05) is 24.4 Å². The van der Waals surface area contributed by atoms with E-state index in [1.165, 1.54) is 5.56 Å². The van der Waals surface area contributed by atoms with Crippen molar-refractivity contribution in [3.05, 3.63) is 65.7 Å². The molecule has 0 amide bonds. The predicted octanol–water partition coefficient (Wildman–Crippen LogP) is 3.68. The van der Waals surface area contributed by atoms with Crippen molar-refractivity contribution in [1.29, 1.82) is 0 Å². The van der Waals surface area contributed by atoms with Crippen LogP contribution in [0.15, 0.2) is 59.6 Å². The molecule has 0 heterocycles. The Bertz CT molecular complexity index is 761. The lowest BCUT2D eigenvalue weighted by Crippen LogP contribution is -2.40. The van der Waals surface area contributed by atoms with Gasteiger partial charge in [-0.05, 0) is 43.0 Å². The van der Waals surface area contributed by atoms with Crippen LogP contribution in [0.25, 0.3) is 0 Å². The summed E-state index contributed by atoms with van der Waals surface area (Å²) in [5.74, 6) is 1.73. The molecular weight excluding hydrogens is 477 g/mol. The third-order valence-electron chi connectivity index (χ3n) is 5.45. The van der Waals surface area contributed by atoms with Gasteiger partial charge in [-0.3, -0.25) is 4.99 Å². The van der Waals surface area contributed by atoms with Gasteiger partial charge in [0.15, 0.2) is 5.96 Å². The fourth-order valence-electron chi connectivity index (χ4n) is 3.44. The van der Waals surface area contributed by atoms with Gasteiger partial charge in [0.1, 0.15) is 5.75 Å². The Morgan fingerprint density at radius 1 is 1.10 bits per heavy atom. The molecule has 0 spiro atoms. The second-order valence-electron chi connectivity index (χ2n) is 7.38. The molecule has 158 valence electrons. The van der Waals surface area contributed by atoms with Gasteiger partial charge in [-0.15, -0.1) is 24.0 Å². The van der Waals surface area contributed by atoms with E-state index in [-0.39, 0.29) is 41.9 Å². The van der Waals surface area contributed by atoms with Gasteiger partial charge in [0.05, 0.1) is 20.3 Å². The number of hydrogen-bond acceptors (Lipinski definition) is 3. The second-order valence-corrected chi connectivity index (χ2v) is 7.38. The van der Waals surface area contributed by atoms with Gasteiger partial charge in [-0.25, -0.2) is 0 Å². The van der Waals surface area contributed by atoms with Crippen LogP contribution in [0.4, 0.5) is 0 Å². The first-order valence-electron chi connectivity index (χ1n) is 10.0. The Balaban J connectivity index is 0.00000300. The monoisotopic (exact) mass is 509 g/mol. The van der Waals surface area contributed by atoms with E-state index < -0.39 is 0 Å². The molecule has 1 atom stereocenters. The number of aliphatic imine (C=N–C) groups is 1. The molecule has 3 N–H and O–H groups in total. The Morgan fingerprint density at radius 3 is 2.34 bits per heavy atom. The average molecular weight is 509 g/mol. The summed E-state index contributed by atoms with van der Waals surface area (Å²) in [6, 6.07) is 18.4. The van der Waals surface area contributed by atoms with Crippen LogP contribution in [-0.2, 0) is 5.41 Å². The summed E-state index contributed by atoms with van der Waals surface area (Å²) in [4.78, 5) is 4.85. The highest BCUT2D eigenvalue weighted by molar-refractivity contribution is 14.0. The molecule has 1 unspecified atom stereocenters. The molecular formula is C23H32IN3O2. The van der Waals surface area contributed by atoms with E-state index in [0.717, 1.165) is 43.2 Å². The SMILES string of the molecule is CCNC(=NCC1(c2ccc(OC)cc2)CC1)NCC(CO)c1ccccc1.I. The van der Waals surface area contributed by atoms with Crippen LogP contribution < -0.4 is 15.4 Å². The Kier molecular flexibility index (Phi) is 9.23. The zero-order valence-electron chi connectivity index (χ0n) is 17.2. The minimum Gasteiger partial charge on any atom is -0.497 e. The number of methoxy groups -OCH3 is 1. The highest BCUT2D eigenvalue weighted by Crippen LogP contribution is 2.48. The van der Waals surface area contributed by atoms with E-state index in [1.807, 2.05) is 30.3 Å². The lowest BCUT2D eigenvalue weighted by molar-refractivity contribution is 0.265. The van der Waals surface area contributed by atoms with Crippen LogP contribution >= 0.6 is 24.0 Å². The average Bonchev–Trinajstić information content (AvgIpc) is 3.54. The summed E-state index contributed by atoms with van der Waals surface area (Å²) in [7, 11) is 1.69. The number of hydrogen-bond donors (Lipinski definition) is 3. The number of rotatable bonds is 9. The second kappa shape index (κ2) is 11.4. The number of aliphatic hydroxyl groups excluding tert-OH is 1. The molecule has 0 aromatic heterocycles. The third kappa shape index (κ3) is 6.34. The van der Waals surface area contributed by atoms with Crippen molar-refractivity contribution in [2.45, 2.75) is 31.1 Å². The number of nitrogens with one attached hydrogen (secondary N) is 2. The van der Waals surface area contributed by atoms with Gasteiger partial charge in [-0.2, -0.15) is 0 Å². The maximum absolute atomic E-state index is 9.77. The van der Waals surface area contributed by atoms with E-state index in [9.17, 15) is 5.11 Å². The molecule has 0 aliphatic heterocycles. The first-order valence-corrected chi connectivity index (χ1v) is 10.0. The van der Waals surface area contributed by atoms with E-state index in [2.05, 4.69) is 41.8 Å². The van der Waals surface area contributed by atoms with Crippen LogP contribution in [0.2, 0.25) is 0 Å². The summed E-state index contributed by atoms with van der Waals surface area (Å²) in [6.45, 7) is 4.36. The molecule has 1 aliphatic rings. The van der Waals surface area contributed by atoms with Crippen LogP contribution in [0.1, 0.15) is 36.8 Å². The predicted molar refractivity (Wildman–Crippen MR) is 130 cm³/mol. The minimum atomic E-state index is 0. The molecule has 1 aliphatic carbocycles. The van der Waals surface area contributed by atoms with Crippen molar-refractivity contribution in [3.63, 3.8) is 0 Å². The van der Waals surface area contributed by atoms with Crippen molar-refractivity contribution in [3.8, 4) is 5.75 Å². The van der Waals surface area contributed by atoms with Gasteiger partial charge < -0.3 is 20.5 Å². The van der Waals surface area contributed by atoms with Crippen molar-refractivity contribution in [1.82, 2.24) is 10.6 Å². The first kappa shape index (κ1) is 23.5. The van der Waals surface area contributed by atoms with Crippen LogP contribution in [0.3, 0.4) is 0 Å². The normalized spacial score (nSPS) is 15.8. The number of benzene rings is 2. The van der Waals surface area contributed by atoms with Crippen LogP contribution in [0.5, 0.6) is 5.75 Å². The third-order valence-corrected chi connectivity index (χ3v) is 5.45. The number of ether oxygens (including phenoxy) is 1. The number of guanidine groups is 1. The lowest BCUT2D eigenvalue weighted by Gasteiger charge is -2.19. The standard InChI is InChI=1S/C23H31N3O2.HI/c1-3-24-22(25-15-19(16-27)18-7-5-4-6-8-18)26-17-23(13-14-23)20-9-11-21(28-2)12-10-20;/h4-12,19,27H,3,13-17H2,1-2H3,(H2,24,25,26);1H. The molecule has 0 bridgehead atoms. The van der Waals surface area contributed by atoms with E-state index in [1.54, 1.807) is 7.11 Å². The molecule has 29 heavy (non-hydrogen) atoms. The van der Waals surface area contributed by atoms with Crippen LogP contribution in [-0.4, -0.2) is 44.4 Å². The maximum Gasteiger partial charge on any atom is 0.191 e. The molecule has 0 radical (unpaired) electrons. The van der Waals surface area contributed by atoms with E-state index in [0.29, 0.717) is 6.54 Å². The smallest absolute Gasteiger partial charge is 0.191 e. The highest BCUT2D eigenvalue weighted by Gasteiger charge is 2.44. The fourth-order valence-corrected chi connectivity index (χ4v) is 3.44. The van der Waals surface area contributed by atoms with Crippen molar-refractivity contribution < 1.29 is 9.84 Å². The van der Waals surface area contributed by atoms with Gasteiger partial charge in [0.25, 0.3) is 0 Å². The number of nitrogens with zero attached hydrogens (tertiary/aromatic N) is 1. The maximum atomic E-state index is 9.77. The first-order chi connectivity index (χ1) is 13.7. The Hall–Kier alpha value is -1.80. The molecule has 2 aromatic rings. The highest BCUT2D eigenvalue weighted by atomic mass is 127. The summed E-state index contributed by atoms with van der Waals surface area (Å²) in [5, 5.41) is 16.5. The summed E-state index contributed by atoms with van der Waals surface area (Å²) in [6.07, 6.45) is 2.32. The fraction of sp³-hybridized carbons (Fsp3) is 0.435. The minimum absolute atomic E-state index is 0. The largest absolute Gasteiger partial charge is 0.497 e. The Morgan fingerprint density at radius 2 is 1.79 bits per heavy atom. The molecule has 5 nitrogen and oxygen atoms in total. The molecule has 3 rings (SSSR count). The summed E-state index contributed by atoms with van der Waals surface area (Å²) in [5.41, 5.74) is 2.60. The topological polar surface area (TPSA) is 65.9 Å². The molecule has 1 fully saturated rings. The zero-order valence-corrected chi connectivity index (χ0v) is 19.6. The van der Waals surface area contributed by atoms with E-state index >= 15 is 0 Å². The molecule has 2 aromatic carbocycles. The van der Waals surface area contributed by atoms with Gasteiger partial charge in [0.2, 0.25) is 0 Å². The molecule has 1 saturated carbocycles. The van der Waals surface area contributed by atoms with E-state index in [4.69, 9.17) is 9.73 Å². The number of halogens is 1. The van der Waals surface area contributed by atoms with Gasteiger partial charge >= 0.3 is 0 Å². The van der Waals surface area contributed by atoms with Crippen LogP contribution in [0, 0.1) is 0 Å². The van der Waals surface area contributed by atoms with Gasteiger partial charge in [-0.1, -0.05) is 42.5 Å². The van der Waals surface area contributed by atoms with Crippen molar-refractivity contribution in [2.24, 2.45) is 4.99 Å². The number of aliphatic hydroxyl groups is 1. The quantitative estimate of drug-likeness (QED) is 0.274.